The third-order valence-corrected chi connectivity index (χ3v) is 2.32. The maximum atomic E-state index is 10.7. The summed E-state index contributed by atoms with van der Waals surface area (Å²) >= 11 is 0. The number of nitrogens with zero attached hydrogens (tertiary/aromatic N) is 2. The molecule has 0 bridgehead atoms. The van der Waals surface area contributed by atoms with Gasteiger partial charge in [-0.3, -0.25) is 4.79 Å². The molecule has 0 aromatic carbocycles. The van der Waals surface area contributed by atoms with Crippen molar-refractivity contribution >= 4 is 5.97 Å². The van der Waals surface area contributed by atoms with Crippen molar-refractivity contribution in [3.8, 4) is 6.07 Å². The fraction of sp³-hybridized carbons (Fsp3) is 0.714. The van der Waals surface area contributed by atoms with E-state index >= 15 is 0 Å². The van der Waals surface area contributed by atoms with Crippen LogP contribution in [0.25, 0.3) is 0 Å². The van der Waals surface area contributed by atoms with Crippen LogP contribution in [0.15, 0.2) is 0 Å². The molecule has 0 aromatic heterocycles. The number of carboxylic acid groups (broad SMARTS) is 1. The fourth-order valence-electron chi connectivity index (χ4n) is 1.32. The Labute approximate surface area is 69.8 Å². The maximum Gasteiger partial charge on any atom is 0.326 e. The van der Waals surface area contributed by atoms with Gasteiger partial charge in [-0.1, -0.05) is 0 Å². The zero-order valence-corrected chi connectivity index (χ0v) is 6.69. The molecule has 1 saturated heterocycles. The highest BCUT2D eigenvalue weighted by Crippen LogP contribution is 2.31. The molecule has 0 saturated carbocycles. The van der Waals surface area contributed by atoms with Crippen molar-refractivity contribution in [2.75, 3.05) is 0 Å². The summed E-state index contributed by atoms with van der Waals surface area (Å²) in [6.45, 7) is 1.41. The van der Waals surface area contributed by atoms with E-state index in [9.17, 15) is 10.0 Å². The summed E-state index contributed by atoms with van der Waals surface area (Å²) in [4.78, 5) is 10.7. The van der Waals surface area contributed by atoms with E-state index < -0.39 is 17.6 Å². The molecular weight excluding hydrogens is 160 g/mol. The zero-order chi connectivity index (χ0) is 9.35. The lowest BCUT2D eigenvalue weighted by atomic mass is 10.0. The van der Waals surface area contributed by atoms with Crippen LogP contribution < -0.4 is 0 Å². The fourth-order valence-corrected chi connectivity index (χ4v) is 1.32. The molecule has 1 aliphatic heterocycles. The summed E-state index contributed by atoms with van der Waals surface area (Å²) in [6, 6.07) is 1.15. The molecule has 0 aliphatic carbocycles. The van der Waals surface area contributed by atoms with E-state index in [0.29, 0.717) is 17.9 Å². The Morgan fingerprint density at radius 3 is 2.67 bits per heavy atom. The minimum Gasteiger partial charge on any atom is -0.480 e. The molecule has 1 rings (SSSR count). The number of nitriles is 1. The van der Waals surface area contributed by atoms with Gasteiger partial charge in [0.25, 0.3) is 0 Å². The predicted molar refractivity (Wildman–Crippen MR) is 38.3 cm³/mol. The molecule has 0 spiro atoms. The normalized spacial score (nSPS) is 36.2. The van der Waals surface area contributed by atoms with Crippen LogP contribution >= 0.6 is 0 Å². The maximum absolute atomic E-state index is 10.7. The Morgan fingerprint density at radius 2 is 2.42 bits per heavy atom. The van der Waals surface area contributed by atoms with Crippen molar-refractivity contribution in [3.05, 3.63) is 0 Å². The zero-order valence-electron chi connectivity index (χ0n) is 6.69. The third kappa shape index (κ3) is 1.05. The van der Waals surface area contributed by atoms with Crippen molar-refractivity contribution in [1.82, 2.24) is 5.06 Å². The minimum absolute atomic E-state index is 0.303. The monoisotopic (exact) mass is 170 g/mol. The Kier molecular flexibility index (Phi) is 2.04. The van der Waals surface area contributed by atoms with Crippen molar-refractivity contribution in [1.29, 1.82) is 5.26 Å². The summed E-state index contributed by atoms with van der Waals surface area (Å²) in [5.41, 5.74) is -1.29. The van der Waals surface area contributed by atoms with Crippen LogP contribution in [0.1, 0.15) is 19.8 Å². The average Bonchev–Trinajstić information content (AvgIpc) is 2.31. The van der Waals surface area contributed by atoms with Gasteiger partial charge in [0.2, 0.25) is 0 Å². The summed E-state index contributed by atoms with van der Waals surface area (Å²) in [6.07, 6.45) is 0.701. The van der Waals surface area contributed by atoms with Gasteiger partial charge in [0.1, 0.15) is 11.6 Å². The van der Waals surface area contributed by atoms with Crippen LogP contribution in [0.3, 0.4) is 0 Å². The first-order valence-corrected chi connectivity index (χ1v) is 3.63. The number of hydrogen-bond acceptors (Lipinski definition) is 4. The van der Waals surface area contributed by atoms with Crippen LogP contribution in [0.2, 0.25) is 0 Å². The molecule has 1 heterocycles. The van der Waals surface area contributed by atoms with E-state index in [2.05, 4.69) is 0 Å². The van der Waals surface area contributed by atoms with E-state index in [1.165, 1.54) is 6.92 Å². The molecule has 2 N–H and O–H groups in total. The van der Waals surface area contributed by atoms with Crippen LogP contribution in [0.4, 0.5) is 0 Å². The SMILES string of the molecule is C[C@@]1(C(=O)O)CCC(C#N)N1O. The Morgan fingerprint density at radius 1 is 1.83 bits per heavy atom. The third-order valence-electron chi connectivity index (χ3n) is 2.32. The largest absolute Gasteiger partial charge is 0.480 e. The summed E-state index contributed by atoms with van der Waals surface area (Å²) in [5.74, 6) is -1.09. The smallest absolute Gasteiger partial charge is 0.326 e. The van der Waals surface area contributed by atoms with E-state index in [4.69, 9.17) is 10.4 Å². The first-order valence-electron chi connectivity index (χ1n) is 3.63. The summed E-state index contributed by atoms with van der Waals surface area (Å²) in [7, 11) is 0. The van der Waals surface area contributed by atoms with E-state index in [1.54, 1.807) is 0 Å². The molecule has 1 aliphatic rings. The highest BCUT2D eigenvalue weighted by atomic mass is 16.5. The standard InChI is InChI=1S/C7H10N2O3/c1-7(6(10)11)3-2-5(4-8)9(7)12/h5,12H,2-3H2,1H3,(H,10,11)/t5?,7-/m0/s1. The molecule has 5 nitrogen and oxygen atoms in total. The van der Waals surface area contributed by atoms with Gasteiger partial charge in [-0.25, -0.2) is 0 Å². The van der Waals surface area contributed by atoms with Crippen LogP contribution in [-0.2, 0) is 4.79 Å². The first-order chi connectivity index (χ1) is 5.52. The predicted octanol–water partition coefficient (Wildman–Crippen LogP) is 0.207. The lowest BCUT2D eigenvalue weighted by molar-refractivity contribution is -0.187. The second kappa shape index (κ2) is 2.73. The van der Waals surface area contributed by atoms with Crippen molar-refractivity contribution < 1.29 is 15.1 Å². The van der Waals surface area contributed by atoms with Gasteiger partial charge in [0.05, 0.1) is 6.07 Å². The van der Waals surface area contributed by atoms with Gasteiger partial charge >= 0.3 is 5.97 Å². The number of rotatable bonds is 1. The Hall–Kier alpha value is -1.12. The quantitative estimate of drug-likeness (QED) is 0.587. The average molecular weight is 170 g/mol. The number of carboxylic acids is 1. The lowest BCUT2D eigenvalue weighted by Gasteiger charge is -2.26. The Balaban J connectivity index is 2.86. The molecular formula is C7H10N2O3. The van der Waals surface area contributed by atoms with Crippen molar-refractivity contribution in [2.45, 2.75) is 31.3 Å². The molecule has 2 atom stereocenters. The molecule has 1 fully saturated rings. The molecule has 5 heteroatoms. The molecule has 0 amide bonds. The van der Waals surface area contributed by atoms with Gasteiger partial charge in [0.15, 0.2) is 0 Å². The summed E-state index contributed by atoms with van der Waals surface area (Å²) < 4.78 is 0. The number of aliphatic carboxylic acids is 1. The lowest BCUT2D eigenvalue weighted by Crippen LogP contribution is -2.48. The van der Waals surface area contributed by atoms with Gasteiger partial charge in [-0.05, 0) is 19.8 Å². The molecule has 0 radical (unpaired) electrons. The van der Waals surface area contributed by atoms with E-state index in [1.807, 2.05) is 6.07 Å². The second-order valence-corrected chi connectivity index (χ2v) is 3.11. The van der Waals surface area contributed by atoms with Crippen LogP contribution in [-0.4, -0.2) is 32.9 Å². The number of hydrogen-bond donors (Lipinski definition) is 2. The number of hydroxylamine groups is 2. The van der Waals surface area contributed by atoms with Crippen molar-refractivity contribution in [2.24, 2.45) is 0 Å². The molecule has 12 heavy (non-hydrogen) atoms. The first kappa shape index (κ1) is 8.97. The van der Waals surface area contributed by atoms with Gasteiger partial charge < -0.3 is 10.3 Å². The van der Waals surface area contributed by atoms with Crippen LogP contribution in [0.5, 0.6) is 0 Å². The topological polar surface area (TPSA) is 84.6 Å². The van der Waals surface area contributed by atoms with Crippen molar-refractivity contribution in [3.63, 3.8) is 0 Å². The van der Waals surface area contributed by atoms with Gasteiger partial charge in [-0.2, -0.15) is 10.3 Å². The molecule has 1 unspecified atom stereocenters. The second-order valence-electron chi connectivity index (χ2n) is 3.11. The molecule has 0 aromatic rings. The van der Waals surface area contributed by atoms with Gasteiger partial charge in [-0.15, -0.1) is 0 Å². The highest BCUT2D eigenvalue weighted by Gasteiger charge is 2.48. The van der Waals surface area contributed by atoms with E-state index in [0.717, 1.165) is 0 Å². The minimum atomic E-state index is -1.29. The molecule has 66 valence electrons. The van der Waals surface area contributed by atoms with E-state index in [-0.39, 0.29) is 0 Å². The summed E-state index contributed by atoms with van der Waals surface area (Å²) in [5, 5.41) is 27.2. The highest BCUT2D eigenvalue weighted by molar-refractivity contribution is 5.78. The van der Waals surface area contributed by atoms with Gasteiger partial charge in [0, 0.05) is 0 Å². The Bertz CT molecular complexity index is 248. The van der Waals surface area contributed by atoms with Crippen LogP contribution in [0, 0.1) is 11.3 Å². The number of carbonyl (C=O) groups is 1.